The number of hydrogen-bond acceptors (Lipinski definition) is 2. The Hall–Kier alpha value is -1.64. The van der Waals surface area contributed by atoms with Gasteiger partial charge in [0.1, 0.15) is 6.29 Å². The lowest BCUT2D eigenvalue weighted by atomic mass is 10.1. The van der Waals surface area contributed by atoms with Crippen LogP contribution in [0.1, 0.15) is 23.6 Å². The average Bonchev–Trinajstić information content (AvgIpc) is 2.91. The lowest BCUT2D eigenvalue weighted by molar-refractivity contribution is -0.108. The predicted octanol–water partition coefficient (Wildman–Crippen LogP) is 1.95. The molecule has 76 valence electrons. The Morgan fingerprint density at radius 1 is 1.60 bits per heavy atom. The van der Waals surface area contributed by atoms with Crippen molar-refractivity contribution in [1.29, 1.82) is 0 Å². The molecule has 0 amide bonds. The normalized spacial score (nSPS) is 24.3. The highest BCUT2D eigenvalue weighted by molar-refractivity contribution is 5.66. The summed E-state index contributed by atoms with van der Waals surface area (Å²) in [5.74, 6) is 0.647. The number of carbonyl (C=O) groups excluding carboxylic acids is 1. The SMILES string of the molecule is Cc1cc2c(C3CC3C=O)cccn2n1. The molecule has 0 aliphatic heterocycles. The summed E-state index contributed by atoms with van der Waals surface area (Å²) >= 11 is 0. The Kier molecular flexibility index (Phi) is 1.69. The van der Waals surface area contributed by atoms with Crippen LogP contribution in [0.25, 0.3) is 5.52 Å². The van der Waals surface area contributed by atoms with Crippen LogP contribution >= 0.6 is 0 Å². The van der Waals surface area contributed by atoms with E-state index in [0.717, 1.165) is 23.9 Å². The Morgan fingerprint density at radius 2 is 2.47 bits per heavy atom. The standard InChI is InChI=1S/C12H12N2O/c1-8-5-12-10(11-6-9(11)7-15)3-2-4-14(12)13-8/h2-5,7,9,11H,6H2,1H3. The van der Waals surface area contributed by atoms with Crippen molar-refractivity contribution in [3.63, 3.8) is 0 Å². The summed E-state index contributed by atoms with van der Waals surface area (Å²) in [4.78, 5) is 10.7. The molecule has 1 aliphatic rings. The summed E-state index contributed by atoms with van der Waals surface area (Å²) in [5, 5.41) is 4.36. The number of rotatable bonds is 2. The molecule has 0 bridgehead atoms. The van der Waals surface area contributed by atoms with Crippen LogP contribution in [0.5, 0.6) is 0 Å². The molecule has 0 aromatic carbocycles. The Balaban J connectivity index is 2.14. The summed E-state index contributed by atoms with van der Waals surface area (Å²) < 4.78 is 1.89. The highest BCUT2D eigenvalue weighted by atomic mass is 16.1. The first-order chi connectivity index (χ1) is 7.29. The minimum Gasteiger partial charge on any atom is -0.303 e. The zero-order chi connectivity index (χ0) is 10.4. The summed E-state index contributed by atoms with van der Waals surface area (Å²) in [6.45, 7) is 1.99. The molecule has 2 atom stereocenters. The summed E-state index contributed by atoms with van der Waals surface area (Å²) in [5.41, 5.74) is 3.42. The number of carbonyl (C=O) groups is 1. The van der Waals surface area contributed by atoms with E-state index in [4.69, 9.17) is 0 Å². The van der Waals surface area contributed by atoms with E-state index in [1.54, 1.807) is 0 Å². The van der Waals surface area contributed by atoms with Crippen LogP contribution in [0, 0.1) is 12.8 Å². The van der Waals surface area contributed by atoms with Gasteiger partial charge in [-0.05, 0) is 37.0 Å². The maximum Gasteiger partial charge on any atom is 0.123 e. The lowest BCUT2D eigenvalue weighted by Gasteiger charge is -2.00. The van der Waals surface area contributed by atoms with Crippen LogP contribution in [0.15, 0.2) is 24.4 Å². The lowest BCUT2D eigenvalue weighted by Crippen LogP contribution is -1.92. The van der Waals surface area contributed by atoms with Gasteiger partial charge in [0.15, 0.2) is 0 Å². The fraction of sp³-hybridized carbons (Fsp3) is 0.333. The molecule has 3 nitrogen and oxygen atoms in total. The van der Waals surface area contributed by atoms with Gasteiger partial charge in [0, 0.05) is 12.1 Å². The van der Waals surface area contributed by atoms with E-state index in [1.807, 2.05) is 23.7 Å². The van der Waals surface area contributed by atoms with E-state index in [9.17, 15) is 4.79 Å². The van der Waals surface area contributed by atoms with Crippen LogP contribution in [0.3, 0.4) is 0 Å². The minimum absolute atomic E-state index is 0.228. The Labute approximate surface area is 87.7 Å². The summed E-state index contributed by atoms with van der Waals surface area (Å²) in [7, 11) is 0. The third-order valence-electron chi connectivity index (χ3n) is 3.07. The van der Waals surface area contributed by atoms with Crippen molar-refractivity contribution >= 4 is 11.8 Å². The van der Waals surface area contributed by atoms with Gasteiger partial charge in [-0.25, -0.2) is 4.52 Å². The molecular formula is C12H12N2O. The first-order valence-electron chi connectivity index (χ1n) is 5.20. The maximum absolute atomic E-state index is 10.7. The maximum atomic E-state index is 10.7. The van der Waals surface area contributed by atoms with Gasteiger partial charge < -0.3 is 4.79 Å². The molecule has 3 rings (SSSR count). The fourth-order valence-corrected chi connectivity index (χ4v) is 2.20. The fourth-order valence-electron chi connectivity index (χ4n) is 2.20. The van der Waals surface area contributed by atoms with Crippen molar-refractivity contribution in [2.45, 2.75) is 19.3 Å². The third kappa shape index (κ3) is 1.27. The molecule has 0 saturated heterocycles. The zero-order valence-corrected chi connectivity index (χ0v) is 8.55. The number of aromatic nitrogens is 2. The Morgan fingerprint density at radius 3 is 3.20 bits per heavy atom. The zero-order valence-electron chi connectivity index (χ0n) is 8.55. The van der Waals surface area contributed by atoms with E-state index in [-0.39, 0.29) is 5.92 Å². The first kappa shape index (κ1) is 8.65. The van der Waals surface area contributed by atoms with Crippen molar-refractivity contribution < 1.29 is 4.79 Å². The molecule has 15 heavy (non-hydrogen) atoms. The van der Waals surface area contributed by atoms with Gasteiger partial charge in [-0.15, -0.1) is 0 Å². The molecule has 0 radical (unpaired) electrons. The van der Waals surface area contributed by atoms with Crippen molar-refractivity contribution in [1.82, 2.24) is 9.61 Å². The number of fused-ring (bicyclic) bond motifs is 1. The molecule has 1 saturated carbocycles. The largest absolute Gasteiger partial charge is 0.303 e. The topological polar surface area (TPSA) is 34.4 Å². The van der Waals surface area contributed by atoms with Crippen LogP contribution in [-0.2, 0) is 4.79 Å². The molecule has 2 heterocycles. The average molecular weight is 200 g/mol. The molecule has 2 unspecified atom stereocenters. The van der Waals surface area contributed by atoms with E-state index in [2.05, 4.69) is 17.2 Å². The van der Waals surface area contributed by atoms with Crippen molar-refractivity contribution in [2.24, 2.45) is 5.92 Å². The van der Waals surface area contributed by atoms with Gasteiger partial charge in [-0.1, -0.05) is 6.07 Å². The Bertz CT molecular complexity index is 529. The van der Waals surface area contributed by atoms with Gasteiger partial charge in [0.05, 0.1) is 11.2 Å². The van der Waals surface area contributed by atoms with Gasteiger partial charge in [-0.2, -0.15) is 5.10 Å². The molecule has 0 spiro atoms. The molecule has 2 aromatic heterocycles. The molecule has 2 aromatic rings. The quantitative estimate of drug-likeness (QED) is 0.694. The monoisotopic (exact) mass is 200 g/mol. The van der Waals surface area contributed by atoms with Crippen LogP contribution in [0.2, 0.25) is 0 Å². The summed E-state index contributed by atoms with van der Waals surface area (Å²) in [6.07, 6.45) is 4.01. The predicted molar refractivity (Wildman–Crippen MR) is 56.8 cm³/mol. The summed E-state index contributed by atoms with van der Waals surface area (Å²) in [6, 6.07) is 6.18. The van der Waals surface area contributed by atoms with Crippen LogP contribution in [0.4, 0.5) is 0 Å². The smallest absolute Gasteiger partial charge is 0.123 e. The van der Waals surface area contributed by atoms with Crippen molar-refractivity contribution in [3.8, 4) is 0 Å². The van der Waals surface area contributed by atoms with E-state index in [1.165, 1.54) is 5.56 Å². The van der Waals surface area contributed by atoms with Gasteiger partial charge >= 0.3 is 0 Å². The van der Waals surface area contributed by atoms with Crippen LogP contribution < -0.4 is 0 Å². The molecular weight excluding hydrogens is 188 g/mol. The van der Waals surface area contributed by atoms with Crippen LogP contribution in [-0.4, -0.2) is 15.9 Å². The number of aryl methyl sites for hydroxylation is 1. The van der Waals surface area contributed by atoms with Crippen molar-refractivity contribution in [3.05, 3.63) is 35.7 Å². The number of nitrogens with zero attached hydrogens (tertiary/aromatic N) is 2. The second-order valence-electron chi connectivity index (χ2n) is 4.22. The van der Waals surface area contributed by atoms with Crippen molar-refractivity contribution in [2.75, 3.05) is 0 Å². The highest BCUT2D eigenvalue weighted by Gasteiger charge is 2.39. The third-order valence-corrected chi connectivity index (χ3v) is 3.07. The molecule has 1 fully saturated rings. The second kappa shape index (κ2) is 2.92. The second-order valence-corrected chi connectivity index (χ2v) is 4.22. The minimum atomic E-state index is 0.228. The van der Waals surface area contributed by atoms with Gasteiger partial charge in [0.25, 0.3) is 0 Å². The molecule has 1 aliphatic carbocycles. The first-order valence-corrected chi connectivity index (χ1v) is 5.20. The van der Waals surface area contributed by atoms with Gasteiger partial charge in [-0.3, -0.25) is 0 Å². The van der Waals surface area contributed by atoms with Gasteiger partial charge in [0.2, 0.25) is 0 Å². The van der Waals surface area contributed by atoms with E-state index >= 15 is 0 Å². The number of pyridine rings is 1. The molecule has 3 heteroatoms. The highest BCUT2D eigenvalue weighted by Crippen LogP contribution is 2.47. The molecule has 0 N–H and O–H groups in total. The van der Waals surface area contributed by atoms with E-state index < -0.39 is 0 Å². The van der Waals surface area contributed by atoms with E-state index in [0.29, 0.717) is 5.92 Å². The number of hydrogen-bond donors (Lipinski definition) is 0. The number of aldehydes is 1.